The summed E-state index contributed by atoms with van der Waals surface area (Å²) >= 11 is 5.93. The Morgan fingerprint density at radius 2 is 1.89 bits per heavy atom. The van der Waals surface area contributed by atoms with Crippen LogP contribution in [-0.2, 0) is 14.3 Å². The monoisotopic (exact) mass is 537 g/mol. The van der Waals surface area contributed by atoms with Gasteiger partial charge >= 0.3 is 0 Å². The molecule has 188 valence electrons. The van der Waals surface area contributed by atoms with Gasteiger partial charge in [-0.05, 0) is 47.5 Å². The third-order valence-corrected chi connectivity index (χ3v) is 12.0. The number of hydrogen-bond donors (Lipinski definition) is 1. The van der Waals surface area contributed by atoms with E-state index in [0.29, 0.717) is 16.7 Å². The quantitative estimate of drug-likeness (QED) is 0.329. The SMILES string of the molecule is CC(C)(C)[Si](C)(C)OCC(c1ccc(Cl)c(F)c1)c1c[nH]c(=O)cc1-c1ccnc(S(C)(=O)=O)n1. The molecule has 2 heterocycles. The molecule has 11 heteroatoms. The normalized spacial score (nSPS) is 13.6. The highest BCUT2D eigenvalue weighted by Gasteiger charge is 2.38. The molecule has 3 rings (SSSR count). The van der Waals surface area contributed by atoms with E-state index in [1.807, 2.05) is 0 Å². The molecule has 0 fully saturated rings. The summed E-state index contributed by atoms with van der Waals surface area (Å²) in [4.78, 5) is 23.0. The molecular formula is C24H29ClFN3O4SSi. The summed E-state index contributed by atoms with van der Waals surface area (Å²) in [5.74, 6) is -1.08. The summed E-state index contributed by atoms with van der Waals surface area (Å²) in [7, 11) is -5.87. The Balaban J connectivity index is 2.20. The van der Waals surface area contributed by atoms with Gasteiger partial charge in [0.1, 0.15) is 5.82 Å². The van der Waals surface area contributed by atoms with Gasteiger partial charge in [-0.1, -0.05) is 38.4 Å². The maximum atomic E-state index is 14.5. The number of pyridine rings is 1. The lowest BCUT2D eigenvalue weighted by molar-refractivity contribution is 0.275. The zero-order valence-corrected chi connectivity index (χ0v) is 23.1. The lowest BCUT2D eigenvalue weighted by atomic mass is 9.89. The fourth-order valence-electron chi connectivity index (χ4n) is 3.27. The zero-order valence-electron chi connectivity index (χ0n) is 20.5. The molecule has 0 amide bonds. The summed E-state index contributed by atoms with van der Waals surface area (Å²) in [5.41, 5.74) is 1.46. The number of sulfone groups is 1. The first-order chi connectivity index (χ1) is 16.1. The van der Waals surface area contributed by atoms with Crippen molar-refractivity contribution in [3.05, 3.63) is 75.0 Å². The van der Waals surface area contributed by atoms with Crippen molar-refractivity contribution < 1.29 is 17.2 Å². The van der Waals surface area contributed by atoms with Crippen LogP contribution in [0.2, 0.25) is 23.2 Å². The molecule has 1 N–H and O–H groups in total. The predicted molar refractivity (Wildman–Crippen MR) is 138 cm³/mol. The minimum absolute atomic E-state index is 0.00639. The molecule has 0 aliphatic rings. The number of benzene rings is 1. The van der Waals surface area contributed by atoms with Crippen molar-refractivity contribution in [2.24, 2.45) is 0 Å². The van der Waals surface area contributed by atoms with Crippen molar-refractivity contribution in [3.63, 3.8) is 0 Å². The maximum absolute atomic E-state index is 14.5. The van der Waals surface area contributed by atoms with Crippen molar-refractivity contribution in [2.45, 2.75) is 50.0 Å². The largest absolute Gasteiger partial charge is 0.416 e. The Labute approximate surface area is 210 Å². The Kier molecular flexibility index (Phi) is 7.71. The van der Waals surface area contributed by atoms with E-state index in [9.17, 15) is 17.6 Å². The Bertz CT molecular complexity index is 1400. The van der Waals surface area contributed by atoms with Crippen LogP contribution >= 0.6 is 11.6 Å². The highest BCUT2D eigenvalue weighted by atomic mass is 35.5. The summed E-state index contributed by atoms with van der Waals surface area (Å²) in [6, 6.07) is 7.40. The number of aromatic amines is 1. The average molecular weight is 538 g/mol. The topological polar surface area (TPSA) is 102 Å². The molecule has 0 spiro atoms. The molecular weight excluding hydrogens is 509 g/mol. The third kappa shape index (κ3) is 6.24. The van der Waals surface area contributed by atoms with Crippen LogP contribution in [-0.4, -0.2) is 44.5 Å². The minimum Gasteiger partial charge on any atom is -0.416 e. The molecule has 0 aliphatic carbocycles. The van der Waals surface area contributed by atoms with Gasteiger partial charge < -0.3 is 9.41 Å². The fourth-order valence-corrected chi connectivity index (χ4v) is 4.92. The Morgan fingerprint density at radius 3 is 2.49 bits per heavy atom. The van der Waals surface area contributed by atoms with Crippen molar-refractivity contribution in [1.29, 1.82) is 0 Å². The molecule has 35 heavy (non-hydrogen) atoms. The van der Waals surface area contributed by atoms with Crippen molar-refractivity contribution >= 4 is 29.8 Å². The molecule has 7 nitrogen and oxygen atoms in total. The van der Waals surface area contributed by atoms with Crippen LogP contribution in [0.3, 0.4) is 0 Å². The van der Waals surface area contributed by atoms with Gasteiger partial charge in [0, 0.05) is 42.8 Å². The van der Waals surface area contributed by atoms with Crippen molar-refractivity contribution in [1.82, 2.24) is 15.0 Å². The van der Waals surface area contributed by atoms with E-state index >= 15 is 0 Å². The van der Waals surface area contributed by atoms with Crippen LogP contribution in [0.4, 0.5) is 4.39 Å². The Hall–Kier alpha value is -2.40. The van der Waals surface area contributed by atoms with E-state index in [1.54, 1.807) is 6.07 Å². The Morgan fingerprint density at radius 1 is 1.20 bits per heavy atom. The zero-order chi connectivity index (χ0) is 26.2. The third-order valence-electron chi connectivity index (χ3n) is 6.34. The molecule has 0 saturated heterocycles. The molecule has 2 aromatic heterocycles. The number of nitrogens with one attached hydrogen (secondary N) is 1. The molecule has 1 unspecified atom stereocenters. The van der Waals surface area contributed by atoms with E-state index in [1.165, 1.54) is 36.7 Å². The van der Waals surface area contributed by atoms with Crippen LogP contribution in [0.5, 0.6) is 0 Å². The van der Waals surface area contributed by atoms with E-state index in [0.717, 1.165) is 6.26 Å². The number of H-pyrrole nitrogens is 1. The van der Waals surface area contributed by atoms with E-state index < -0.39 is 35.4 Å². The van der Waals surface area contributed by atoms with Gasteiger partial charge in [-0.3, -0.25) is 4.79 Å². The lowest BCUT2D eigenvalue weighted by Gasteiger charge is -2.37. The van der Waals surface area contributed by atoms with Crippen LogP contribution < -0.4 is 5.56 Å². The molecule has 0 aliphatic heterocycles. The number of rotatable bonds is 7. The second-order valence-corrected chi connectivity index (χ2v) is 17.1. The van der Waals surface area contributed by atoms with Gasteiger partial charge in [0.05, 0.1) is 10.7 Å². The molecule has 0 bridgehead atoms. The number of aromatic nitrogens is 3. The molecule has 3 aromatic rings. The summed E-state index contributed by atoms with van der Waals surface area (Å²) in [5, 5.41) is -0.422. The maximum Gasteiger partial charge on any atom is 0.248 e. The van der Waals surface area contributed by atoms with Crippen LogP contribution in [0.1, 0.15) is 37.8 Å². The van der Waals surface area contributed by atoms with Gasteiger partial charge in [0.15, 0.2) is 8.32 Å². The first-order valence-corrected chi connectivity index (χ1v) is 16.1. The standard InChI is InChI=1S/C24H29ClFN3O4SSi/c1-24(2,3)35(5,6)33-14-18(15-7-8-19(25)20(26)11-15)17-13-28-22(30)12-16(17)21-9-10-27-23(29-21)34(4,31)32/h7-13,18H,14H2,1-6H3,(H,28,30). The van der Waals surface area contributed by atoms with Crippen LogP contribution in [0, 0.1) is 5.82 Å². The molecule has 1 atom stereocenters. The highest BCUT2D eigenvalue weighted by Crippen LogP contribution is 2.39. The first kappa shape index (κ1) is 27.2. The van der Waals surface area contributed by atoms with Gasteiger partial charge in [0.2, 0.25) is 20.6 Å². The fraction of sp³-hybridized carbons (Fsp3) is 0.375. The smallest absolute Gasteiger partial charge is 0.248 e. The van der Waals surface area contributed by atoms with E-state index in [-0.39, 0.29) is 27.5 Å². The van der Waals surface area contributed by atoms with E-state index in [4.69, 9.17) is 16.0 Å². The first-order valence-electron chi connectivity index (χ1n) is 10.9. The summed E-state index contributed by atoms with van der Waals surface area (Å²) in [6.07, 6.45) is 3.87. The van der Waals surface area contributed by atoms with Crippen LogP contribution in [0.15, 0.2) is 52.7 Å². The van der Waals surface area contributed by atoms with Crippen molar-refractivity contribution in [3.8, 4) is 11.3 Å². The van der Waals surface area contributed by atoms with E-state index in [2.05, 4.69) is 48.8 Å². The second-order valence-electron chi connectivity index (χ2n) is 9.96. The number of halogens is 2. The second kappa shape index (κ2) is 9.92. The minimum atomic E-state index is -3.68. The average Bonchev–Trinajstić information content (AvgIpc) is 2.75. The molecule has 0 saturated carbocycles. The van der Waals surface area contributed by atoms with Gasteiger partial charge in [-0.2, -0.15) is 0 Å². The van der Waals surface area contributed by atoms with Crippen molar-refractivity contribution in [2.75, 3.05) is 12.9 Å². The lowest BCUT2D eigenvalue weighted by Crippen LogP contribution is -2.41. The number of hydrogen-bond acceptors (Lipinski definition) is 6. The summed E-state index contributed by atoms with van der Waals surface area (Å²) in [6.45, 7) is 10.8. The number of nitrogens with zero attached hydrogens (tertiary/aromatic N) is 2. The predicted octanol–water partition coefficient (Wildman–Crippen LogP) is 5.18. The highest BCUT2D eigenvalue weighted by molar-refractivity contribution is 7.90. The van der Waals surface area contributed by atoms with Gasteiger partial charge in [-0.15, -0.1) is 0 Å². The molecule has 1 aromatic carbocycles. The van der Waals surface area contributed by atoms with Gasteiger partial charge in [0.25, 0.3) is 0 Å². The van der Waals surface area contributed by atoms with Crippen LogP contribution in [0.25, 0.3) is 11.3 Å². The van der Waals surface area contributed by atoms with Gasteiger partial charge in [-0.25, -0.2) is 22.8 Å². The summed E-state index contributed by atoms with van der Waals surface area (Å²) < 4.78 is 45.1. The molecule has 0 radical (unpaired) electrons.